The molecule has 1 amide bonds. The Morgan fingerprint density at radius 1 is 1.45 bits per heavy atom. The highest BCUT2D eigenvalue weighted by atomic mass is 16.3. The van der Waals surface area contributed by atoms with Gasteiger partial charge in [-0.15, -0.1) is 0 Å². The zero-order valence-electron chi connectivity index (χ0n) is 11.9. The zero-order chi connectivity index (χ0) is 14.7. The molecular weight excluding hydrogens is 254 g/mol. The average Bonchev–Trinajstić information content (AvgIpc) is 2.79. The van der Waals surface area contributed by atoms with Crippen LogP contribution in [0, 0.1) is 6.92 Å². The predicted octanol–water partition coefficient (Wildman–Crippen LogP) is 1.96. The Balaban J connectivity index is 2.15. The van der Waals surface area contributed by atoms with Crippen molar-refractivity contribution in [3.8, 4) is 0 Å². The number of nitrogens with zero attached hydrogens (tertiary/aromatic N) is 2. The van der Waals surface area contributed by atoms with Gasteiger partial charge in [-0.1, -0.05) is 24.3 Å². The number of aliphatic hydroxyl groups is 1. The predicted molar refractivity (Wildman–Crippen MR) is 77.4 cm³/mol. The Morgan fingerprint density at radius 3 is 2.75 bits per heavy atom. The van der Waals surface area contributed by atoms with E-state index in [1.807, 2.05) is 38.1 Å². The van der Waals surface area contributed by atoms with E-state index in [1.54, 1.807) is 17.8 Å². The van der Waals surface area contributed by atoms with Crippen molar-refractivity contribution >= 4 is 11.7 Å². The van der Waals surface area contributed by atoms with E-state index < -0.39 is 0 Å². The van der Waals surface area contributed by atoms with Gasteiger partial charge < -0.3 is 10.4 Å². The van der Waals surface area contributed by atoms with Crippen molar-refractivity contribution in [1.29, 1.82) is 0 Å². The number of carbonyl (C=O) groups excluding carboxylic acids is 1. The van der Waals surface area contributed by atoms with Crippen LogP contribution < -0.4 is 5.32 Å². The number of rotatable bonds is 4. The molecule has 0 saturated carbocycles. The molecule has 1 unspecified atom stereocenters. The van der Waals surface area contributed by atoms with Gasteiger partial charge in [-0.3, -0.25) is 9.48 Å². The Kier molecular flexibility index (Phi) is 4.20. The topological polar surface area (TPSA) is 67.2 Å². The number of carbonyl (C=O) groups is 1. The minimum absolute atomic E-state index is 0.0909. The third-order valence-corrected chi connectivity index (χ3v) is 3.39. The van der Waals surface area contributed by atoms with Crippen LogP contribution in [0.1, 0.15) is 29.7 Å². The molecule has 0 aliphatic rings. The standard InChI is InChI=1S/C15H19N3O2/c1-10-6-4-5-7-13(10)11(2)15(20)16-14-8-12(9-19)17-18(14)3/h4-8,11,19H,9H2,1-3H3,(H,16,20). The molecule has 106 valence electrons. The van der Waals surface area contributed by atoms with E-state index in [2.05, 4.69) is 10.4 Å². The molecular formula is C15H19N3O2. The first-order valence-corrected chi connectivity index (χ1v) is 6.53. The van der Waals surface area contributed by atoms with Gasteiger partial charge >= 0.3 is 0 Å². The van der Waals surface area contributed by atoms with E-state index in [-0.39, 0.29) is 18.4 Å². The van der Waals surface area contributed by atoms with E-state index in [4.69, 9.17) is 5.11 Å². The maximum atomic E-state index is 12.3. The molecule has 1 aromatic heterocycles. The second-order valence-electron chi connectivity index (χ2n) is 4.87. The summed E-state index contributed by atoms with van der Waals surface area (Å²) in [5.74, 6) is 0.245. The molecule has 0 radical (unpaired) electrons. The van der Waals surface area contributed by atoms with Gasteiger partial charge in [-0.25, -0.2) is 0 Å². The van der Waals surface area contributed by atoms with Crippen LogP contribution in [0.5, 0.6) is 0 Å². The third-order valence-electron chi connectivity index (χ3n) is 3.39. The quantitative estimate of drug-likeness (QED) is 0.895. The summed E-state index contributed by atoms with van der Waals surface area (Å²) < 4.78 is 1.55. The van der Waals surface area contributed by atoms with Gasteiger partial charge in [-0.05, 0) is 25.0 Å². The second-order valence-corrected chi connectivity index (χ2v) is 4.87. The first-order valence-electron chi connectivity index (χ1n) is 6.53. The molecule has 5 heteroatoms. The Hall–Kier alpha value is -2.14. The molecule has 0 saturated heterocycles. The van der Waals surface area contributed by atoms with Crippen LogP contribution in [-0.4, -0.2) is 20.8 Å². The number of aryl methyl sites for hydroxylation is 2. The van der Waals surface area contributed by atoms with Gasteiger partial charge in [0.25, 0.3) is 0 Å². The van der Waals surface area contributed by atoms with Crippen molar-refractivity contribution < 1.29 is 9.90 Å². The molecule has 0 aliphatic carbocycles. The van der Waals surface area contributed by atoms with Crippen LogP contribution in [0.3, 0.4) is 0 Å². The van der Waals surface area contributed by atoms with Gasteiger partial charge in [-0.2, -0.15) is 5.10 Å². The van der Waals surface area contributed by atoms with Crippen molar-refractivity contribution in [2.45, 2.75) is 26.4 Å². The maximum Gasteiger partial charge on any atom is 0.232 e. The summed E-state index contributed by atoms with van der Waals surface area (Å²) in [5.41, 5.74) is 2.64. The Morgan fingerprint density at radius 2 is 2.15 bits per heavy atom. The number of benzene rings is 1. The summed E-state index contributed by atoms with van der Waals surface area (Å²) >= 11 is 0. The fraction of sp³-hybridized carbons (Fsp3) is 0.333. The largest absolute Gasteiger partial charge is 0.390 e. The number of anilines is 1. The SMILES string of the molecule is Cc1ccccc1C(C)C(=O)Nc1cc(CO)nn1C. The first kappa shape index (κ1) is 14.3. The lowest BCUT2D eigenvalue weighted by Gasteiger charge is -2.14. The average molecular weight is 273 g/mol. The summed E-state index contributed by atoms with van der Waals surface area (Å²) in [6.45, 7) is 3.73. The van der Waals surface area contributed by atoms with E-state index >= 15 is 0 Å². The lowest BCUT2D eigenvalue weighted by Crippen LogP contribution is -2.21. The molecule has 2 N–H and O–H groups in total. The van der Waals surface area contributed by atoms with Crippen molar-refractivity contribution in [2.75, 3.05) is 5.32 Å². The molecule has 5 nitrogen and oxygen atoms in total. The highest BCUT2D eigenvalue weighted by molar-refractivity contribution is 5.95. The summed E-state index contributed by atoms with van der Waals surface area (Å²) in [7, 11) is 1.73. The number of amides is 1. The summed E-state index contributed by atoms with van der Waals surface area (Å²) in [6.07, 6.45) is 0. The summed E-state index contributed by atoms with van der Waals surface area (Å²) in [4.78, 5) is 12.3. The second kappa shape index (κ2) is 5.88. The van der Waals surface area contributed by atoms with Crippen molar-refractivity contribution in [2.24, 2.45) is 7.05 Å². The van der Waals surface area contributed by atoms with Crippen LogP contribution in [0.2, 0.25) is 0 Å². The van der Waals surface area contributed by atoms with Gasteiger partial charge in [0.1, 0.15) is 5.82 Å². The van der Waals surface area contributed by atoms with Gasteiger partial charge in [0.2, 0.25) is 5.91 Å². The van der Waals surface area contributed by atoms with Crippen LogP contribution in [-0.2, 0) is 18.4 Å². The van der Waals surface area contributed by atoms with Crippen molar-refractivity contribution in [3.05, 3.63) is 47.2 Å². The Bertz CT molecular complexity index is 619. The van der Waals surface area contributed by atoms with Gasteiger partial charge in [0.15, 0.2) is 0 Å². The summed E-state index contributed by atoms with van der Waals surface area (Å²) in [6, 6.07) is 9.51. The minimum Gasteiger partial charge on any atom is -0.390 e. The highest BCUT2D eigenvalue weighted by Crippen LogP contribution is 2.21. The molecule has 0 aliphatic heterocycles. The van der Waals surface area contributed by atoms with Crippen molar-refractivity contribution in [1.82, 2.24) is 9.78 Å². The van der Waals surface area contributed by atoms with E-state index in [9.17, 15) is 4.79 Å². The smallest absolute Gasteiger partial charge is 0.232 e. The molecule has 1 atom stereocenters. The lowest BCUT2D eigenvalue weighted by atomic mass is 9.96. The molecule has 0 bridgehead atoms. The summed E-state index contributed by atoms with van der Waals surface area (Å²) in [5, 5.41) is 16.0. The zero-order valence-corrected chi connectivity index (χ0v) is 11.9. The fourth-order valence-electron chi connectivity index (χ4n) is 2.17. The number of aromatic nitrogens is 2. The first-order chi connectivity index (χ1) is 9.52. The van der Waals surface area contributed by atoms with E-state index in [0.717, 1.165) is 11.1 Å². The van der Waals surface area contributed by atoms with Crippen LogP contribution in [0.15, 0.2) is 30.3 Å². The van der Waals surface area contributed by atoms with Crippen LogP contribution in [0.4, 0.5) is 5.82 Å². The number of nitrogens with one attached hydrogen (secondary N) is 1. The monoisotopic (exact) mass is 273 g/mol. The molecule has 0 spiro atoms. The number of hydrogen-bond donors (Lipinski definition) is 2. The van der Waals surface area contributed by atoms with Gasteiger partial charge in [0.05, 0.1) is 18.2 Å². The van der Waals surface area contributed by atoms with Crippen LogP contribution in [0.25, 0.3) is 0 Å². The number of hydrogen-bond acceptors (Lipinski definition) is 3. The van der Waals surface area contributed by atoms with Crippen molar-refractivity contribution in [3.63, 3.8) is 0 Å². The number of aliphatic hydroxyl groups excluding tert-OH is 1. The fourth-order valence-corrected chi connectivity index (χ4v) is 2.17. The lowest BCUT2D eigenvalue weighted by molar-refractivity contribution is -0.117. The molecule has 1 aromatic carbocycles. The normalized spacial score (nSPS) is 12.2. The molecule has 2 aromatic rings. The molecule has 2 rings (SSSR count). The third kappa shape index (κ3) is 2.88. The molecule has 20 heavy (non-hydrogen) atoms. The highest BCUT2D eigenvalue weighted by Gasteiger charge is 2.18. The molecule has 0 fully saturated rings. The molecule has 1 heterocycles. The Labute approximate surface area is 118 Å². The van der Waals surface area contributed by atoms with E-state index in [0.29, 0.717) is 11.5 Å². The minimum atomic E-state index is -0.247. The maximum absolute atomic E-state index is 12.3. The van der Waals surface area contributed by atoms with Gasteiger partial charge in [0, 0.05) is 13.1 Å². The van der Waals surface area contributed by atoms with Crippen LogP contribution >= 0.6 is 0 Å². The van der Waals surface area contributed by atoms with E-state index in [1.165, 1.54) is 0 Å².